The molecule has 2 aromatic heterocycles. The summed E-state index contributed by atoms with van der Waals surface area (Å²) in [5.74, 6) is 1.11. The Morgan fingerprint density at radius 2 is 1.96 bits per heavy atom. The zero-order valence-electron chi connectivity index (χ0n) is 12.5. The maximum Gasteiger partial charge on any atom is 0.416 e. The summed E-state index contributed by atoms with van der Waals surface area (Å²) in [4.78, 5) is 10.7. The number of hydrogen-bond donors (Lipinski definition) is 1. The molecule has 0 spiro atoms. The number of alkyl halides is 3. The number of aromatic nitrogens is 2. The third-order valence-electron chi connectivity index (χ3n) is 3.36. The monoisotopic (exact) mass is 337 g/mol. The van der Waals surface area contributed by atoms with Crippen molar-refractivity contribution in [2.45, 2.75) is 26.4 Å². The van der Waals surface area contributed by atoms with E-state index >= 15 is 0 Å². The largest absolute Gasteiger partial charge is 0.416 e. The lowest BCUT2D eigenvalue weighted by molar-refractivity contribution is -0.137. The predicted octanol–water partition coefficient (Wildman–Crippen LogP) is 5.32. The van der Waals surface area contributed by atoms with E-state index in [-0.39, 0.29) is 0 Å². The molecule has 0 atom stereocenters. The molecule has 0 radical (unpaired) electrons. The number of nitrogens with zero attached hydrogens (tertiary/aromatic N) is 2. The lowest BCUT2D eigenvalue weighted by atomic mass is 10.2. The number of fused-ring (bicyclic) bond motifs is 1. The van der Waals surface area contributed by atoms with Crippen molar-refractivity contribution in [3.05, 3.63) is 46.6 Å². The topological polar surface area (TPSA) is 37.8 Å². The van der Waals surface area contributed by atoms with E-state index in [9.17, 15) is 13.2 Å². The molecule has 1 N–H and O–H groups in total. The number of nitrogens with one attached hydrogen (secondary N) is 1. The maximum absolute atomic E-state index is 12.8. The van der Waals surface area contributed by atoms with Crippen molar-refractivity contribution in [2.24, 2.45) is 0 Å². The van der Waals surface area contributed by atoms with Crippen LogP contribution in [0.1, 0.15) is 23.2 Å². The van der Waals surface area contributed by atoms with Crippen LogP contribution in [0.3, 0.4) is 0 Å². The Morgan fingerprint density at radius 1 is 1.17 bits per heavy atom. The Kier molecular flexibility index (Phi) is 3.97. The van der Waals surface area contributed by atoms with Crippen LogP contribution in [-0.2, 0) is 12.6 Å². The lowest BCUT2D eigenvalue weighted by Crippen LogP contribution is -2.05. The Morgan fingerprint density at radius 3 is 2.65 bits per heavy atom. The van der Waals surface area contributed by atoms with E-state index in [4.69, 9.17) is 0 Å². The third-order valence-corrected chi connectivity index (χ3v) is 4.53. The molecule has 3 rings (SSSR count). The fourth-order valence-electron chi connectivity index (χ4n) is 2.26. The van der Waals surface area contributed by atoms with Gasteiger partial charge in [-0.3, -0.25) is 0 Å². The molecule has 0 amide bonds. The highest BCUT2D eigenvalue weighted by Gasteiger charge is 2.30. The van der Waals surface area contributed by atoms with Crippen LogP contribution >= 0.6 is 11.3 Å². The average Bonchev–Trinajstić information content (AvgIpc) is 2.90. The number of rotatable bonds is 3. The summed E-state index contributed by atoms with van der Waals surface area (Å²) in [5.41, 5.74) is -0.340. The average molecular weight is 337 g/mol. The molecule has 23 heavy (non-hydrogen) atoms. The Hall–Kier alpha value is -2.15. The standard InChI is InChI=1S/C16H14F3N3S/c1-3-12-8-13-14(20-9(2)21-15(13)23-12)22-11-6-4-5-10(7-11)16(17,18)19/h4-8H,3H2,1-2H3,(H,20,21,22). The van der Waals surface area contributed by atoms with Gasteiger partial charge in [-0.15, -0.1) is 11.3 Å². The highest BCUT2D eigenvalue weighted by molar-refractivity contribution is 7.18. The fraction of sp³-hybridized carbons (Fsp3) is 0.250. The van der Waals surface area contributed by atoms with Crippen molar-refractivity contribution < 1.29 is 13.2 Å². The van der Waals surface area contributed by atoms with Gasteiger partial charge < -0.3 is 5.32 Å². The van der Waals surface area contributed by atoms with E-state index in [1.807, 2.05) is 13.0 Å². The van der Waals surface area contributed by atoms with Crippen LogP contribution in [0.5, 0.6) is 0 Å². The minimum Gasteiger partial charge on any atom is -0.340 e. The van der Waals surface area contributed by atoms with Crippen LogP contribution in [0.15, 0.2) is 30.3 Å². The number of thiophene rings is 1. The van der Waals surface area contributed by atoms with E-state index in [0.717, 1.165) is 33.6 Å². The normalized spacial score (nSPS) is 11.9. The lowest BCUT2D eigenvalue weighted by Gasteiger charge is -2.11. The van der Waals surface area contributed by atoms with Crippen molar-refractivity contribution >= 4 is 33.1 Å². The van der Waals surface area contributed by atoms with E-state index in [0.29, 0.717) is 17.3 Å². The summed E-state index contributed by atoms with van der Waals surface area (Å²) in [6.07, 6.45) is -3.49. The van der Waals surface area contributed by atoms with E-state index in [1.54, 1.807) is 24.3 Å². The zero-order chi connectivity index (χ0) is 16.6. The molecule has 0 fully saturated rings. The molecule has 0 saturated heterocycles. The molecule has 1 aromatic carbocycles. The molecular weight excluding hydrogens is 323 g/mol. The molecule has 0 saturated carbocycles. The van der Waals surface area contributed by atoms with Crippen LogP contribution in [0.4, 0.5) is 24.7 Å². The quantitative estimate of drug-likeness (QED) is 0.702. The molecule has 0 unspecified atom stereocenters. The van der Waals surface area contributed by atoms with Crippen molar-refractivity contribution in [1.29, 1.82) is 0 Å². The van der Waals surface area contributed by atoms with Gasteiger partial charge in [0.2, 0.25) is 0 Å². The smallest absolute Gasteiger partial charge is 0.340 e. The van der Waals surface area contributed by atoms with Crippen LogP contribution < -0.4 is 5.32 Å². The van der Waals surface area contributed by atoms with Gasteiger partial charge in [0.15, 0.2) is 0 Å². The summed E-state index contributed by atoms with van der Waals surface area (Å²) in [5, 5.41) is 3.82. The molecular formula is C16H14F3N3S. The van der Waals surface area contributed by atoms with Crippen LogP contribution in [0.2, 0.25) is 0 Å². The maximum atomic E-state index is 12.8. The van der Waals surface area contributed by atoms with Crippen LogP contribution in [-0.4, -0.2) is 9.97 Å². The van der Waals surface area contributed by atoms with Crippen LogP contribution in [0, 0.1) is 6.92 Å². The summed E-state index contributed by atoms with van der Waals surface area (Å²) in [7, 11) is 0. The van der Waals surface area contributed by atoms with Gasteiger partial charge in [0.05, 0.1) is 10.9 Å². The highest BCUT2D eigenvalue weighted by atomic mass is 32.1. The number of benzene rings is 1. The van der Waals surface area contributed by atoms with Gasteiger partial charge in [0.1, 0.15) is 16.5 Å². The zero-order valence-corrected chi connectivity index (χ0v) is 13.3. The molecule has 0 aliphatic carbocycles. The summed E-state index contributed by atoms with van der Waals surface area (Å²) < 4.78 is 38.5. The molecule has 0 aliphatic heterocycles. The molecule has 120 valence electrons. The van der Waals surface area contributed by atoms with Crippen molar-refractivity contribution in [3.8, 4) is 0 Å². The van der Waals surface area contributed by atoms with Gasteiger partial charge in [-0.2, -0.15) is 13.2 Å². The number of halogens is 3. The van der Waals surface area contributed by atoms with Gasteiger partial charge in [-0.1, -0.05) is 13.0 Å². The summed E-state index contributed by atoms with van der Waals surface area (Å²) >= 11 is 1.57. The molecule has 0 aliphatic rings. The van der Waals surface area contributed by atoms with E-state index < -0.39 is 11.7 Å². The predicted molar refractivity (Wildman–Crippen MR) is 86.3 cm³/mol. The van der Waals surface area contributed by atoms with Crippen molar-refractivity contribution in [3.63, 3.8) is 0 Å². The van der Waals surface area contributed by atoms with Gasteiger partial charge in [-0.25, -0.2) is 9.97 Å². The highest BCUT2D eigenvalue weighted by Crippen LogP contribution is 2.33. The van der Waals surface area contributed by atoms with Gasteiger partial charge >= 0.3 is 6.18 Å². The molecule has 3 nitrogen and oxygen atoms in total. The van der Waals surface area contributed by atoms with Gasteiger partial charge in [-0.05, 0) is 37.6 Å². The number of aryl methyl sites for hydroxylation is 2. The second-order valence-corrected chi connectivity index (χ2v) is 6.22. The minimum atomic E-state index is -4.37. The first-order valence-corrected chi connectivity index (χ1v) is 7.90. The summed E-state index contributed by atoms with van der Waals surface area (Å²) in [6, 6.07) is 7.07. The number of hydrogen-bond acceptors (Lipinski definition) is 4. The molecule has 2 heterocycles. The number of anilines is 2. The minimum absolute atomic E-state index is 0.350. The van der Waals surface area contributed by atoms with Crippen molar-refractivity contribution in [1.82, 2.24) is 9.97 Å². The fourth-order valence-corrected chi connectivity index (χ4v) is 3.27. The van der Waals surface area contributed by atoms with Crippen LogP contribution in [0.25, 0.3) is 10.2 Å². The van der Waals surface area contributed by atoms with E-state index in [2.05, 4.69) is 15.3 Å². The summed E-state index contributed by atoms with van der Waals surface area (Å²) in [6.45, 7) is 3.81. The first-order valence-electron chi connectivity index (χ1n) is 7.08. The van der Waals surface area contributed by atoms with Crippen molar-refractivity contribution in [2.75, 3.05) is 5.32 Å². The molecule has 7 heteroatoms. The first kappa shape index (κ1) is 15.7. The second kappa shape index (κ2) is 5.81. The van der Waals surface area contributed by atoms with Gasteiger partial charge in [0.25, 0.3) is 0 Å². The Labute approximate surface area is 135 Å². The Balaban J connectivity index is 2.03. The molecule has 0 bridgehead atoms. The molecule has 3 aromatic rings. The third kappa shape index (κ3) is 3.29. The Bertz CT molecular complexity index is 855. The first-order chi connectivity index (χ1) is 10.9. The van der Waals surface area contributed by atoms with E-state index in [1.165, 1.54) is 6.07 Å². The SMILES string of the molecule is CCc1cc2c(Nc3cccc(C(F)(F)F)c3)nc(C)nc2s1. The van der Waals surface area contributed by atoms with Gasteiger partial charge in [0, 0.05) is 10.6 Å². The second-order valence-electron chi connectivity index (χ2n) is 5.11.